The van der Waals surface area contributed by atoms with Crippen LogP contribution in [0.25, 0.3) is 0 Å². The second-order valence-corrected chi connectivity index (χ2v) is 5.52. The number of nitrogens with one attached hydrogen (secondary N) is 1. The third kappa shape index (κ3) is 14.4. The van der Waals surface area contributed by atoms with Crippen LogP contribution in [0.1, 0.15) is 46.5 Å². The van der Waals surface area contributed by atoms with Crippen LogP contribution in [0.2, 0.25) is 0 Å². The van der Waals surface area contributed by atoms with Crippen molar-refractivity contribution in [3.8, 4) is 0 Å². The molecule has 0 aliphatic rings. The van der Waals surface area contributed by atoms with E-state index in [1.165, 1.54) is 0 Å². The first-order valence-corrected chi connectivity index (χ1v) is 7.10. The lowest BCUT2D eigenvalue weighted by Crippen LogP contribution is -2.34. The fourth-order valence-electron chi connectivity index (χ4n) is 1.39. The number of carbonyl (C=O) groups is 2. The highest BCUT2D eigenvalue weighted by Gasteiger charge is 2.15. The summed E-state index contributed by atoms with van der Waals surface area (Å²) in [4.78, 5) is 36.7. The summed E-state index contributed by atoms with van der Waals surface area (Å²) in [6.45, 7) is 5.54. The Kier molecular flexibility index (Phi) is 9.64. The molecule has 0 radical (unpaired) electrons. The van der Waals surface area contributed by atoms with E-state index < -0.39 is 16.8 Å². The molecule has 128 valence electrons. The molecule has 0 aromatic rings. The molecule has 0 fully saturated rings. The number of carbonyl (C=O) groups excluding carboxylic acids is 2. The van der Waals surface area contributed by atoms with Gasteiger partial charge >= 0.3 is 12.1 Å². The number of esters is 1. The van der Waals surface area contributed by atoms with Crippen molar-refractivity contribution < 1.29 is 29.0 Å². The van der Waals surface area contributed by atoms with E-state index in [1.54, 1.807) is 20.8 Å². The summed E-state index contributed by atoms with van der Waals surface area (Å²) in [5, 5.41) is 11.5. The number of ether oxygens (including phenoxy) is 2. The maximum Gasteiger partial charge on any atom is 0.407 e. The molecule has 0 atom stereocenters. The molecule has 0 saturated carbocycles. The topological polar surface area (TPSA) is 117 Å². The Morgan fingerprint density at radius 3 is 2.41 bits per heavy atom. The van der Waals surface area contributed by atoms with Crippen LogP contribution < -0.4 is 5.32 Å². The number of hydrogen-bond donors (Lipinski definition) is 1. The van der Waals surface area contributed by atoms with Gasteiger partial charge < -0.3 is 19.6 Å². The Labute approximate surface area is 129 Å². The molecule has 0 saturated heterocycles. The van der Waals surface area contributed by atoms with Crippen LogP contribution in [0.4, 0.5) is 4.79 Å². The van der Waals surface area contributed by atoms with Gasteiger partial charge in [-0.15, -0.1) is 10.1 Å². The average molecular weight is 320 g/mol. The minimum Gasteiger partial charge on any atom is -0.464 e. The Balaban J connectivity index is 3.47. The van der Waals surface area contributed by atoms with Crippen molar-refractivity contribution in [1.82, 2.24) is 5.32 Å². The van der Waals surface area contributed by atoms with Gasteiger partial charge in [0, 0.05) is 6.42 Å². The van der Waals surface area contributed by atoms with Crippen molar-refractivity contribution >= 4 is 12.1 Å². The van der Waals surface area contributed by atoms with Crippen LogP contribution in [-0.2, 0) is 19.1 Å². The molecular weight excluding hydrogens is 296 g/mol. The molecule has 22 heavy (non-hydrogen) atoms. The van der Waals surface area contributed by atoms with Gasteiger partial charge in [0.25, 0.3) is 5.09 Å². The third-order valence-electron chi connectivity index (χ3n) is 2.26. The van der Waals surface area contributed by atoms with E-state index in [4.69, 9.17) is 9.47 Å². The zero-order valence-corrected chi connectivity index (χ0v) is 13.3. The number of amides is 1. The predicted octanol–water partition coefficient (Wildman–Crippen LogP) is 1.82. The van der Waals surface area contributed by atoms with E-state index in [2.05, 4.69) is 10.2 Å². The molecule has 0 spiro atoms. The molecule has 0 heterocycles. The number of nitrogens with zero attached hydrogens (tertiary/aromatic N) is 1. The Hall–Kier alpha value is -2.06. The Morgan fingerprint density at radius 1 is 1.14 bits per heavy atom. The van der Waals surface area contributed by atoms with Crippen molar-refractivity contribution in [1.29, 1.82) is 0 Å². The highest BCUT2D eigenvalue weighted by Crippen LogP contribution is 2.06. The first-order chi connectivity index (χ1) is 10.2. The van der Waals surface area contributed by atoms with Crippen molar-refractivity contribution in [2.75, 3.05) is 19.8 Å². The molecule has 0 bridgehead atoms. The minimum atomic E-state index is -0.841. The average Bonchev–Trinajstić information content (AvgIpc) is 2.36. The summed E-state index contributed by atoms with van der Waals surface area (Å²) < 4.78 is 9.93. The first kappa shape index (κ1) is 19.9. The highest BCUT2D eigenvalue weighted by atomic mass is 16.9. The molecule has 0 unspecified atom stereocenters. The number of alkyl carbamates (subject to hydrolysis) is 1. The zero-order chi connectivity index (χ0) is 17.0. The van der Waals surface area contributed by atoms with E-state index >= 15 is 0 Å². The van der Waals surface area contributed by atoms with Gasteiger partial charge in [0.05, 0.1) is 13.2 Å². The first-order valence-electron chi connectivity index (χ1n) is 7.10. The van der Waals surface area contributed by atoms with E-state index in [9.17, 15) is 19.7 Å². The van der Waals surface area contributed by atoms with E-state index in [0.29, 0.717) is 19.3 Å². The standard InChI is InChI=1S/C13H24N2O7/c1-13(2,3)22-12(17)14-8-10-20-11(16)7-5-4-6-9-21-15(18)19/h4-10H2,1-3H3,(H,14,17). The number of unbranched alkanes of at least 4 members (excludes halogenated alkanes) is 2. The smallest absolute Gasteiger partial charge is 0.407 e. The molecule has 0 aromatic heterocycles. The van der Waals surface area contributed by atoms with E-state index in [1.807, 2.05) is 0 Å². The van der Waals surface area contributed by atoms with Gasteiger partial charge in [0.15, 0.2) is 0 Å². The zero-order valence-electron chi connectivity index (χ0n) is 13.3. The van der Waals surface area contributed by atoms with Crippen LogP contribution >= 0.6 is 0 Å². The Bertz CT molecular complexity index is 366. The van der Waals surface area contributed by atoms with Gasteiger partial charge in [-0.05, 0) is 33.6 Å². The second-order valence-electron chi connectivity index (χ2n) is 5.52. The number of rotatable bonds is 10. The SMILES string of the molecule is CC(C)(C)OC(=O)NCCOC(=O)CCCCCO[N+](=O)[O-]. The molecule has 9 heteroatoms. The van der Waals surface area contributed by atoms with Crippen molar-refractivity contribution in [3.05, 3.63) is 10.1 Å². The molecule has 9 nitrogen and oxygen atoms in total. The van der Waals surface area contributed by atoms with Gasteiger partial charge in [-0.1, -0.05) is 6.42 Å². The van der Waals surface area contributed by atoms with Gasteiger partial charge in [-0.25, -0.2) is 4.79 Å². The largest absolute Gasteiger partial charge is 0.464 e. The molecule has 0 rings (SSSR count). The molecule has 0 aromatic carbocycles. The summed E-state index contributed by atoms with van der Waals surface area (Å²) in [7, 11) is 0. The van der Waals surface area contributed by atoms with Crippen LogP contribution in [0.15, 0.2) is 0 Å². The second kappa shape index (κ2) is 10.6. The van der Waals surface area contributed by atoms with Gasteiger partial charge in [-0.2, -0.15) is 0 Å². The lowest BCUT2D eigenvalue weighted by Gasteiger charge is -2.19. The van der Waals surface area contributed by atoms with Crippen molar-refractivity contribution in [2.24, 2.45) is 0 Å². The van der Waals surface area contributed by atoms with Crippen LogP contribution in [0.3, 0.4) is 0 Å². The molecule has 1 N–H and O–H groups in total. The summed E-state index contributed by atoms with van der Waals surface area (Å²) in [6, 6.07) is 0. The maximum atomic E-state index is 11.4. The van der Waals surface area contributed by atoms with Gasteiger partial charge in [0.2, 0.25) is 0 Å². The minimum absolute atomic E-state index is 0.0296. The molecular formula is C13H24N2O7. The quantitative estimate of drug-likeness (QED) is 0.282. The lowest BCUT2D eigenvalue weighted by atomic mass is 10.2. The fraction of sp³-hybridized carbons (Fsp3) is 0.846. The molecule has 1 amide bonds. The monoisotopic (exact) mass is 320 g/mol. The van der Waals surface area contributed by atoms with Gasteiger partial charge in [-0.3, -0.25) is 4.79 Å². The summed E-state index contributed by atoms with van der Waals surface area (Å²) in [5.74, 6) is -0.374. The van der Waals surface area contributed by atoms with Gasteiger partial charge in [0.1, 0.15) is 12.2 Å². The molecule has 0 aliphatic carbocycles. The normalized spacial score (nSPS) is 10.7. The summed E-state index contributed by atoms with van der Waals surface area (Å²) >= 11 is 0. The van der Waals surface area contributed by atoms with Crippen LogP contribution in [-0.4, -0.2) is 42.5 Å². The summed E-state index contributed by atoms with van der Waals surface area (Å²) in [6.07, 6.45) is 1.38. The summed E-state index contributed by atoms with van der Waals surface area (Å²) in [5.41, 5.74) is -0.570. The fourth-order valence-corrected chi connectivity index (χ4v) is 1.39. The van der Waals surface area contributed by atoms with E-state index in [-0.39, 0.29) is 32.1 Å². The predicted molar refractivity (Wildman–Crippen MR) is 76.6 cm³/mol. The van der Waals surface area contributed by atoms with Crippen LogP contribution in [0, 0.1) is 10.1 Å². The van der Waals surface area contributed by atoms with Crippen molar-refractivity contribution in [2.45, 2.75) is 52.1 Å². The highest BCUT2D eigenvalue weighted by molar-refractivity contribution is 5.69. The molecule has 0 aliphatic heterocycles. The third-order valence-corrected chi connectivity index (χ3v) is 2.26. The Morgan fingerprint density at radius 2 is 1.82 bits per heavy atom. The lowest BCUT2D eigenvalue weighted by molar-refractivity contribution is -0.757. The van der Waals surface area contributed by atoms with Crippen LogP contribution in [0.5, 0.6) is 0 Å². The maximum absolute atomic E-state index is 11.4. The van der Waals surface area contributed by atoms with E-state index in [0.717, 1.165) is 0 Å². The number of hydrogen-bond acceptors (Lipinski definition) is 7. The van der Waals surface area contributed by atoms with Crippen molar-refractivity contribution in [3.63, 3.8) is 0 Å².